The number of hydrogen-bond donors (Lipinski definition) is 0. The van der Waals surface area contributed by atoms with Gasteiger partial charge in [0.2, 0.25) is 0 Å². The van der Waals surface area contributed by atoms with E-state index in [0.717, 1.165) is 11.8 Å². The van der Waals surface area contributed by atoms with Crippen LogP contribution in [0.3, 0.4) is 0 Å². The Morgan fingerprint density at radius 3 is 2.58 bits per heavy atom. The molecule has 31 heavy (non-hydrogen) atoms. The molecule has 1 fully saturated rings. The fourth-order valence-corrected chi connectivity index (χ4v) is 3.41. The van der Waals surface area contributed by atoms with Crippen molar-refractivity contribution in [1.29, 1.82) is 0 Å². The molecule has 0 atom stereocenters. The van der Waals surface area contributed by atoms with Crippen molar-refractivity contribution in [3.8, 4) is 11.5 Å². The van der Waals surface area contributed by atoms with Crippen LogP contribution in [0.15, 0.2) is 55.0 Å². The Morgan fingerprint density at radius 1 is 1.06 bits per heavy atom. The maximum absolute atomic E-state index is 13.3. The van der Waals surface area contributed by atoms with E-state index in [4.69, 9.17) is 4.74 Å². The van der Waals surface area contributed by atoms with Crippen molar-refractivity contribution in [3.05, 3.63) is 72.1 Å². The standard InChI is InChI=1S/C22H22FN5O3/c1-16(29)21-5-6-28(25-21)22(30)27-9-7-26(8-10-27)15-17-3-2-4-19(11-17)31-20-12-18(23)13-24-14-20/h2-6,11-14H,7-10,15H2,1H3. The molecule has 3 aromatic rings. The summed E-state index contributed by atoms with van der Waals surface area (Å²) in [5, 5.41) is 4.04. The minimum atomic E-state index is -0.450. The van der Waals surface area contributed by atoms with Gasteiger partial charge in [-0.1, -0.05) is 12.1 Å². The first kappa shape index (κ1) is 20.7. The van der Waals surface area contributed by atoms with Gasteiger partial charge >= 0.3 is 6.03 Å². The molecule has 160 valence electrons. The first-order valence-electron chi connectivity index (χ1n) is 9.93. The zero-order valence-electron chi connectivity index (χ0n) is 17.1. The van der Waals surface area contributed by atoms with Gasteiger partial charge in [-0.05, 0) is 23.8 Å². The van der Waals surface area contributed by atoms with Crippen molar-refractivity contribution < 1.29 is 18.7 Å². The Balaban J connectivity index is 1.32. The van der Waals surface area contributed by atoms with Gasteiger partial charge in [-0.25, -0.2) is 9.18 Å². The number of hydrogen-bond acceptors (Lipinski definition) is 6. The molecule has 1 amide bonds. The average molecular weight is 423 g/mol. The van der Waals surface area contributed by atoms with Crippen molar-refractivity contribution >= 4 is 11.8 Å². The number of ketones is 1. The highest BCUT2D eigenvalue weighted by Crippen LogP contribution is 2.23. The summed E-state index contributed by atoms with van der Waals surface area (Å²) in [5.74, 6) is 0.333. The predicted molar refractivity (Wildman–Crippen MR) is 111 cm³/mol. The van der Waals surface area contributed by atoms with Gasteiger partial charge in [0.25, 0.3) is 0 Å². The van der Waals surface area contributed by atoms with E-state index in [1.165, 1.54) is 30.1 Å². The van der Waals surface area contributed by atoms with E-state index in [0.29, 0.717) is 44.2 Å². The molecule has 1 aliphatic rings. The number of pyridine rings is 1. The highest BCUT2D eigenvalue weighted by Gasteiger charge is 2.23. The third-order valence-electron chi connectivity index (χ3n) is 5.01. The van der Waals surface area contributed by atoms with Crippen LogP contribution in [-0.4, -0.2) is 62.6 Å². The van der Waals surface area contributed by atoms with Crippen LogP contribution in [-0.2, 0) is 6.54 Å². The van der Waals surface area contributed by atoms with Crippen molar-refractivity contribution in [2.24, 2.45) is 0 Å². The molecule has 1 aromatic carbocycles. The average Bonchev–Trinajstić information content (AvgIpc) is 3.25. The molecular formula is C22H22FN5O3. The maximum Gasteiger partial charge on any atom is 0.344 e. The van der Waals surface area contributed by atoms with E-state index in [1.54, 1.807) is 11.0 Å². The molecule has 8 nitrogen and oxygen atoms in total. The summed E-state index contributed by atoms with van der Waals surface area (Å²) >= 11 is 0. The predicted octanol–water partition coefficient (Wildman–Crippen LogP) is 3.20. The summed E-state index contributed by atoms with van der Waals surface area (Å²) in [6, 6.07) is 10.2. The number of carbonyl (C=O) groups excluding carboxylic acids is 2. The smallest absolute Gasteiger partial charge is 0.344 e. The monoisotopic (exact) mass is 423 g/mol. The molecule has 0 bridgehead atoms. The molecule has 0 N–H and O–H groups in total. The maximum atomic E-state index is 13.3. The first-order chi connectivity index (χ1) is 15.0. The Kier molecular flexibility index (Phi) is 6.03. The van der Waals surface area contributed by atoms with Gasteiger partial charge in [0.15, 0.2) is 5.78 Å². The number of benzene rings is 1. The Bertz CT molecular complexity index is 1090. The summed E-state index contributed by atoms with van der Waals surface area (Å²) in [6.45, 7) is 4.69. The molecule has 0 unspecified atom stereocenters. The van der Waals surface area contributed by atoms with E-state index >= 15 is 0 Å². The van der Waals surface area contributed by atoms with Crippen LogP contribution in [0.4, 0.5) is 9.18 Å². The molecule has 0 aliphatic carbocycles. The Hall–Kier alpha value is -3.59. The lowest BCUT2D eigenvalue weighted by Crippen LogP contribution is -2.49. The van der Waals surface area contributed by atoms with Crippen molar-refractivity contribution in [2.45, 2.75) is 13.5 Å². The molecule has 1 aliphatic heterocycles. The van der Waals surface area contributed by atoms with Crippen LogP contribution in [0.2, 0.25) is 0 Å². The molecule has 2 aromatic heterocycles. The quantitative estimate of drug-likeness (QED) is 0.587. The van der Waals surface area contributed by atoms with Crippen LogP contribution in [0.1, 0.15) is 23.0 Å². The fourth-order valence-electron chi connectivity index (χ4n) is 3.41. The number of halogens is 1. The van der Waals surface area contributed by atoms with E-state index in [-0.39, 0.29) is 17.5 Å². The van der Waals surface area contributed by atoms with Gasteiger partial charge in [0.1, 0.15) is 23.0 Å². The van der Waals surface area contributed by atoms with Crippen LogP contribution >= 0.6 is 0 Å². The lowest BCUT2D eigenvalue weighted by Gasteiger charge is -2.34. The van der Waals surface area contributed by atoms with E-state index in [2.05, 4.69) is 15.0 Å². The first-order valence-corrected chi connectivity index (χ1v) is 9.93. The molecule has 4 rings (SSSR count). The molecule has 0 saturated carbocycles. The number of piperazine rings is 1. The molecule has 0 radical (unpaired) electrons. The molecule has 3 heterocycles. The number of rotatable bonds is 5. The summed E-state index contributed by atoms with van der Waals surface area (Å²) in [6.07, 6.45) is 4.11. The second-order valence-corrected chi connectivity index (χ2v) is 7.34. The molecule has 1 saturated heterocycles. The van der Waals surface area contributed by atoms with Gasteiger partial charge in [0.05, 0.1) is 12.4 Å². The summed E-state index contributed by atoms with van der Waals surface area (Å²) < 4.78 is 20.2. The van der Waals surface area contributed by atoms with Crippen molar-refractivity contribution in [3.63, 3.8) is 0 Å². The number of aromatic nitrogens is 3. The van der Waals surface area contributed by atoms with Gasteiger partial charge < -0.3 is 9.64 Å². The largest absolute Gasteiger partial charge is 0.456 e. The zero-order valence-corrected chi connectivity index (χ0v) is 17.1. The zero-order chi connectivity index (χ0) is 21.8. The number of carbonyl (C=O) groups is 2. The van der Waals surface area contributed by atoms with E-state index < -0.39 is 5.82 Å². The number of nitrogens with zero attached hydrogens (tertiary/aromatic N) is 5. The number of amides is 1. The van der Waals surface area contributed by atoms with Gasteiger partial charge in [-0.2, -0.15) is 9.78 Å². The SMILES string of the molecule is CC(=O)c1ccn(C(=O)N2CCN(Cc3cccc(Oc4cncc(F)c4)c3)CC2)n1. The lowest BCUT2D eigenvalue weighted by atomic mass is 10.2. The normalized spacial score (nSPS) is 14.5. The number of ether oxygens (including phenoxy) is 1. The van der Waals surface area contributed by atoms with Crippen molar-refractivity contribution in [2.75, 3.05) is 26.2 Å². The second-order valence-electron chi connectivity index (χ2n) is 7.34. The number of Topliss-reactive ketones (excluding diaryl/α,β-unsaturated/α-hetero) is 1. The van der Waals surface area contributed by atoms with E-state index in [9.17, 15) is 14.0 Å². The summed E-state index contributed by atoms with van der Waals surface area (Å²) in [5.41, 5.74) is 1.34. The van der Waals surface area contributed by atoms with Crippen LogP contribution in [0.5, 0.6) is 11.5 Å². The Labute approximate surface area is 178 Å². The minimum Gasteiger partial charge on any atom is -0.456 e. The summed E-state index contributed by atoms with van der Waals surface area (Å²) in [7, 11) is 0. The van der Waals surface area contributed by atoms with E-state index in [1.807, 2.05) is 24.3 Å². The minimum absolute atomic E-state index is 0.170. The highest BCUT2D eigenvalue weighted by molar-refractivity contribution is 5.92. The van der Waals surface area contributed by atoms with Gasteiger partial charge in [-0.3, -0.25) is 14.7 Å². The van der Waals surface area contributed by atoms with Crippen LogP contribution < -0.4 is 4.74 Å². The molecule has 9 heteroatoms. The molecule has 0 spiro atoms. The van der Waals surface area contributed by atoms with Crippen LogP contribution in [0.25, 0.3) is 0 Å². The topological polar surface area (TPSA) is 80.6 Å². The lowest BCUT2D eigenvalue weighted by molar-refractivity contribution is 0.101. The van der Waals surface area contributed by atoms with Crippen LogP contribution in [0, 0.1) is 5.82 Å². The van der Waals surface area contributed by atoms with Gasteiger partial charge in [-0.15, -0.1) is 0 Å². The van der Waals surface area contributed by atoms with Crippen molar-refractivity contribution in [1.82, 2.24) is 24.6 Å². The second kappa shape index (κ2) is 9.05. The highest BCUT2D eigenvalue weighted by atomic mass is 19.1. The summed E-state index contributed by atoms with van der Waals surface area (Å²) in [4.78, 5) is 31.7. The Morgan fingerprint density at radius 2 is 1.87 bits per heavy atom. The van der Waals surface area contributed by atoms with Gasteiger partial charge in [0, 0.05) is 51.9 Å². The fraction of sp³-hybridized carbons (Fsp3) is 0.273. The molecular weight excluding hydrogens is 401 g/mol. The third kappa shape index (κ3) is 5.13. The third-order valence-corrected chi connectivity index (χ3v) is 5.01.